The predicted molar refractivity (Wildman–Crippen MR) is 92.6 cm³/mol. The SMILES string of the molecule is COC(=O)CNC(=O)c1ccc(NC(=S)NCc2ccco2)cc1. The van der Waals surface area contributed by atoms with Gasteiger partial charge in [-0.2, -0.15) is 0 Å². The predicted octanol–water partition coefficient (Wildman–Crippen LogP) is 1.67. The zero-order chi connectivity index (χ0) is 17.4. The molecule has 1 aromatic heterocycles. The number of hydrogen-bond donors (Lipinski definition) is 3. The number of carbonyl (C=O) groups is 2. The van der Waals surface area contributed by atoms with E-state index in [1.807, 2.05) is 6.07 Å². The van der Waals surface area contributed by atoms with Gasteiger partial charge < -0.3 is 25.1 Å². The van der Waals surface area contributed by atoms with Gasteiger partial charge in [0, 0.05) is 11.3 Å². The molecule has 0 fully saturated rings. The number of carbonyl (C=O) groups excluding carboxylic acids is 2. The molecule has 0 aliphatic rings. The average Bonchev–Trinajstić information content (AvgIpc) is 3.11. The fraction of sp³-hybridized carbons (Fsp3) is 0.188. The van der Waals surface area contributed by atoms with E-state index in [2.05, 4.69) is 20.7 Å². The van der Waals surface area contributed by atoms with E-state index in [-0.39, 0.29) is 12.5 Å². The summed E-state index contributed by atoms with van der Waals surface area (Å²) in [6, 6.07) is 10.3. The van der Waals surface area contributed by atoms with Crippen molar-refractivity contribution in [2.24, 2.45) is 0 Å². The van der Waals surface area contributed by atoms with Crippen molar-refractivity contribution in [1.29, 1.82) is 0 Å². The summed E-state index contributed by atoms with van der Waals surface area (Å²) in [6.07, 6.45) is 1.59. The van der Waals surface area contributed by atoms with Crippen molar-refractivity contribution < 1.29 is 18.7 Å². The molecule has 0 atom stereocenters. The minimum Gasteiger partial charge on any atom is -0.468 e. The lowest BCUT2D eigenvalue weighted by molar-refractivity contribution is -0.139. The molecule has 0 aliphatic carbocycles. The first kappa shape index (κ1) is 17.5. The molecule has 1 heterocycles. The number of nitrogens with one attached hydrogen (secondary N) is 3. The average molecular weight is 347 g/mol. The fourth-order valence-corrected chi connectivity index (χ4v) is 1.98. The number of esters is 1. The Labute approximate surface area is 144 Å². The summed E-state index contributed by atoms with van der Waals surface area (Å²) in [5, 5.41) is 8.91. The second-order valence-electron chi connectivity index (χ2n) is 4.72. The van der Waals surface area contributed by atoms with Crippen molar-refractivity contribution in [1.82, 2.24) is 10.6 Å². The second kappa shape index (κ2) is 8.68. The van der Waals surface area contributed by atoms with Crippen molar-refractivity contribution in [3.63, 3.8) is 0 Å². The van der Waals surface area contributed by atoms with Gasteiger partial charge in [-0.05, 0) is 48.6 Å². The first-order valence-electron chi connectivity index (χ1n) is 7.11. The molecule has 8 heteroatoms. The smallest absolute Gasteiger partial charge is 0.325 e. The zero-order valence-corrected chi connectivity index (χ0v) is 13.8. The molecule has 0 unspecified atom stereocenters. The Balaban J connectivity index is 1.81. The topological polar surface area (TPSA) is 92.6 Å². The summed E-state index contributed by atoms with van der Waals surface area (Å²) in [6.45, 7) is 0.309. The molecule has 0 aliphatic heterocycles. The highest BCUT2D eigenvalue weighted by Gasteiger charge is 2.08. The van der Waals surface area contributed by atoms with Gasteiger partial charge in [-0.1, -0.05) is 0 Å². The quantitative estimate of drug-likeness (QED) is 0.541. The van der Waals surface area contributed by atoms with Crippen molar-refractivity contribution in [2.75, 3.05) is 19.0 Å². The van der Waals surface area contributed by atoms with Gasteiger partial charge in [-0.3, -0.25) is 9.59 Å². The van der Waals surface area contributed by atoms with Crippen LogP contribution in [-0.4, -0.2) is 30.6 Å². The van der Waals surface area contributed by atoms with E-state index in [9.17, 15) is 9.59 Å². The number of anilines is 1. The summed E-state index contributed by atoms with van der Waals surface area (Å²) in [4.78, 5) is 22.8. The van der Waals surface area contributed by atoms with Gasteiger partial charge in [0.1, 0.15) is 12.3 Å². The maximum absolute atomic E-state index is 11.8. The largest absolute Gasteiger partial charge is 0.468 e. The lowest BCUT2D eigenvalue weighted by atomic mass is 10.2. The van der Waals surface area contributed by atoms with Crippen molar-refractivity contribution >= 4 is 34.9 Å². The molecule has 0 radical (unpaired) electrons. The van der Waals surface area contributed by atoms with Gasteiger partial charge in [0.05, 0.1) is 19.9 Å². The summed E-state index contributed by atoms with van der Waals surface area (Å²) in [7, 11) is 1.26. The van der Waals surface area contributed by atoms with Gasteiger partial charge in [-0.15, -0.1) is 0 Å². The molecule has 0 spiro atoms. The highest BCUT2D eigenvalue weighted by Crippen LogP contribution is 2.09. The lowest BCUT2D eigenvalue weighted by Gasteiger charge is -2.10. The number of thiocarbonyl (C=S) groups is 1. The number of rotatable bonds is 6. The van der Waals surface area contributed by atoms with Gasteiger partial charge in [0.25, 0.3) is 5.91 Å². The highest BCUT2D eigenvalue weighted by molar-refractivity contribution is 7.80. The first-order valence-corrected chi connectivity index (χ1v) is 7.51. The molecule has 0 saturated heterocycles. The number of benzene rings is 1. The van der Waals surface area contributed by atoms with Crippen LogP contribution >= 0.6 is 12.2 Å². The highest BCUT2D eigenvalue weighted by atomic mass is 32.1. The van der Waals surface area contributed by atoms with Crippen LogP contribution in [0.5, 0.6) is 0 Å². The molecule has 0 saturated carbocycles. The Morgan fingerprint density at radius 2 is 1.92 bits per heavy atom. The Hall–Kier alpha value is -2.87. The standard InChI is InChI=1S/C16H17N3O4S/c1-22-14(20)10-17-15(21)11-4-6-12(7-5-11)19-16(24)18-9-13-3-2-8-23-13/h2-8H,9-10H2,1H3,(H,17,21)(H2,18,19,24). The number of methoxy groups -OCH3 is 1. The third kappa shape index (κ3) is 5.40. The second-order valence-corrected chi connectivity index (χ2v) is 5.13. The van der Waals surface area contributed by atoms with Gasteiger partial charge in [0.2, 0.25) is 0 Å². The van der Waals surface area contributed by atoms with E-state index >= 15 is 0 Å². The van der Waals surface area contributed by atoms with Crippen LogP contribution in [0.15, 0.2) is 47.1 Å². The van der Waals surface area contributed by atoms with E-state index < -0.39 is 5.97 Å². The van der Waals surface area contributed by atoms with Crippen LogP contribution in [0.2, 0.25) is 0 Å². The maximum atomic E-state index is 11.8. The van der Waals surface area contributed by atoms with Crippen molar-refractivity contribution in [2.45, 2.75) is 6.54 Å². The molecule has 1 amide bonds. The Morgan fingerprint density at radius 3 is 2.54 bits per heavy atom. The van der Waals surface area contributed by atoms with E-state index in [1.54, 1.807) is 36.6 Å². The maximum Gasteiger partial charge on any atom is 0.325 e. The summed E-state index contributed by atoms with van der Waals surface area (Å²) in [5.74, 6) is -0.0862. The monoisotopic (exact) mass is 347 g/mol. The van der Waals surface area contributed by atoms with Gasteiger partial charge in [-0.25, -0.2) is 0 Å². The molecule has 2 rings (SSSR count). The number of amides is 1. The Morgan fingerprint density at radius 1 is 1.17 bits per heavy atom. The minimum absolute atomic E-state index is 0.171. The molecule has 1 aromatic carbocycles. The molecule has 126 valence electrons. The van der Waals surface area contributed by atoms with Crippen molar-refractivity contribution in [3.05, 3.63) is 54.0 Å². The molecule has 0 bridgehead atoms. The fourth-order valence-electron chi connectivity index (χ4n) is 1.79. The van der Waals surface area contributed by atoms with Crippen LogP contribution in [0.25, 0.3) is 0 Å². The number of furan rings is 1. The van der Waals surface area contributed by atoms with Gasteiger partial charge >= 0.3 is 5.97 Å². The third-order valence-electron chi connectivity index (χ3n) is 3.03. The number of ether oxygens (including phenoxy) is 1. The molecular weight excluding hydrogens is 330 g/mol. The van der Waals surface area contributed by atoms with Crippen LogP contribution in [0.1, 0.15) is 16.1 Å². The normalized spacial score (nSPS) is 9.88. The molecule has 7 nitrogen and oxygen atoms in total. The van der Waals surface area contributed by atoms with Crippen LogP contribution in [-0.2, 0) is 16.1 Å². The third-order valence-corrected chi connectivity index (χ3v) is 3.28. The summed E-state index contributed by atoms with van der Waals surface area (Å²) in [5.41, 5.74) is 1.16. The summed E-state index contributed by atoms with van der Waals surface area (Å²) >= 11 is 5.18. The van der Waals surface area contributed by atoms with E-state index in [0.29, 0.717) is 17.2 Å². The Bertz CT molecular complexity index is 699. The molecule has 3 N–H and O–H groups in total. The molecule has 2 aromatic rings. The van der Waals surface area contributed by atoms with E-state index in [4.69, 9.17) is 16.6 Å². The number of hydrogen-bond acceptors (Lipinski definition) is 5. The zero-order valence-electron chi connectivity index (χ0n) is 13.0. The molecular formula is C16H17N3O4S. The molecule has 24 heavy (non-hydrogen) atoms. The first-order chi connectivity index (χ1) is 11.6. The van der Waals surface area contributed by atoms with Crippen LogP contribution in [0, 0.1) is 0 Å². The van der Waals surface area contributed by atoms with E-state index in [1.165, 1.54) is 7.11 Å². The minimum atomic E-state index is -0.505. The van der Waals surface area contributed by atoms with E-state index in [0.717, 1.165) is 11.4 Å². The van der Waals surface area contributed by atoms with Crippen LogP contribution in [0.4, 0.5) is 5.69 Å². The lowest BCUT2D eigenvalue weighted by Crippen LogP contribution is -2.30. The Kier molecular flexibility index (Phi) is 6.32. The summed E-state index contributed by atoms with van der Waals surface area (Å²) < 4.78 is 9.65. The van der Waals surface area contributed by atoms with Crippen LogP contribution in [0.3, 0.4) is 0 Å². The van der Waals surface area contributed by atoms with Gasteiger partial charge in [0.15, 0.2) is 5.11 Å². The van der Waals surface area contributed by atoms with Crippen LogP contribution < -0.4 is 16.0 Å². The van der Waals surface area contributed by atoms with Crippen molar-refractivity contribution in [3.8, 4) is 0 Å².